The third kappa shape index (κ3) is 5.82. The first-order chi connectivity index (χ1) is 17.4. The van der Waals surface area contributed by atoms with Crippen LogP contribution in [0.4, 0.5) is 11.8 Å². The van der Waals surface area contributed by atoms with E-state index >= 15 is 0 Å². The second kappa shape index (κ2) is 10.4. The lowest BCUT2D eigenvalue weighted by atomic mass is 10.1. The van der Waals surface area contributed by atoms with Gasteiger partial charge in [0.15, 0.2) is 0 Å². The van der Waals surface area contributed by atoms with Gasteiger partial charge in [0.1, 0.15) is 34.1 Å². The molecule has 1 aliphatic carbocycles. The number of aryl methyl sites for hydroxylation is 2. The number of nitrogens with zero attached hydrogens (tertiary/aromatic N) is 4. The summed E-state index contributed by atoms with van der Waals surface area (Å²) in [5.74, 6) is -0.305. The van der Waals surface area contributed by atoms with E-state index in [0.717, 1.165) is 15.9 Å². The predicted octanol–water partition coefficient (Wildman–Crippen LogP) is 2.42. The van der Waals surface area contributed by atoms with Crippen molar-refractivity contribution in [3.05, 3.63) is 23.7 Å². The second-order valence-electron chi connectivity index (χ2n) is 10.4. The summed E-state index contributed by atoms with van der Waals surface area (Å²) in [6.45, 7) is 10.5. The largest absolute Gasteiger partial charge is 0.458 e. The van der Waals surface area contributed by atoms with Crippen LogP contribution in [-0.4, -0.2) is 77.7 Å². The Morgan fingerprint density at radius 1 is 1.19 bits per heavy atom. The molecule has 0 saturated heterocycles. The maximum Gasteiger partial charge on any atom is 0.328 e. The molecule has 0 aromatic carbocycles. The van der Waals surface area contributed by atoms with Crippen molar-refractivity contribution in [2.45, 2.75) is 77.9 Å². The van der Waals surface area contributed by atoms with E-state index in [1.165, 1.54) is 11.3 Å². The highest BCUT2D eigenvalue weighted by Gasteiger charge is 2.41. The summed E-state index contributed by atoms with van der Waals surface area (Å²) in [6.07, 6.45) is -0.0752. The molecule has 0 unspecified atom stereocenters. The molecule has 200 valence electrons. The standard InChI is InChI=1S/C25H34N6O5S/c1-11-17(22-30-18-12(2)26-8-7-16(18)37-22)21(29-15-9-14(10-32)19(33)20(15)34)31-24(27-11)28-13(3)23(35)36-25(4,5)6/h7-8,13-15,19-20,32-34H,9-10H2,1-6H3,(H2,27,28,29,31)/t13-,14-,15-,19-,20+/m1/s1. The molecular formula is C25H34N6O5S. The van der Waals surface area contributed by atoms with E-state index in [9.17, 15) is 20.1 Å². The van der Waals surface area contributed by atoms with Crippen molar-refractivity contribution in [3.8, 4) is 10.6 Å². The fraction of sp³-hybridized carbons (Fsp3) is 0.560. The zero-order chi connectivity index (χ0) is 27.1. The highest BCUT2D eigenvalue weighted by Crippen LogP contribution is 2.38. The van der Waals surface area contributed by atoms with E-state index in [1.807, 2.05) is 19.9 Å². The Morgan fingerprint density at radius 2 is 1.92 bits per heavy atom. The van der Waals surface area contributed by atoms with Crippen LogP contribution in [0.25, 0.3) is 20.8 Å². The van der Waals surface area contributed by atoms with Gasteiger partial charge in [0.2, 0.25) is 5.95 Å². The number of aliphatic hydroxyl groups excluding tert-OH is 3. The van der Waals surface area contributed by atoms with Gasteiger partial charge in [-0.3, -0.25) is 4.98 Å². The molecule has 5 atom stereocenters. The number of carbonyl (C=O) groups is 1. The fourth-order valence-electron chi connectivity index (χ4n) is 4.35. The first-order valence-electron chi connectivity index (χ1n) is 12.2. The van der Waals surface area contributed by atoms with Gasteiger partial charge in [-0.15, -0.1) is 11.3 Å². The number of esters is 1. The van der Waals surface area contributed by atoms with Crippen LogP contribution in [0.15, 0.2) is 12.3 Å². The minimum absolute atomic E-state index is 0.202. The molecule has 0 spiro atoms. The van der Waals surface area contributed by atoms with Gasteiger partial charge in [-0.05, 0) is 54.0 Å². The molecule has 0 amide bonds. The van der Waals surface area contributed by atoms with Crippen molar-refractivity contribution >= 4 is 39.3 Å². The van der Waals surface area contributed by atoms with Crippen molar-refractivity contribution in [2.24, 2.45) is 5.92 Å². The van der Waals surface area contributed by atoms with Crippen LogP contribution in [0, 0.1) is 19.8 Å². The van der Waals surface area contributed by atoms with Crippen LogP contribution in [0.1, 0.15) is 45.5 Å². The predicted molar refractivity (Wildman–Crippen MR) is 141 cm³/mol. The lowest BCUT2D eigenvalue weighted by Gasteiger charge is -2.24. The molecule has 12 heteroatoms. The maximum absolute atomic E-state index is 12.5. The molecule has 37 heavy (non-hydrogen) atoms. The van der Waals surface area contributed by atoms with E-state index in [0.29, 0.717) is 28.5 Å². The summed E-state index contributed by atoms with van der Waals surface area (Å²) in [6, 6.07) is 0.619. The number of aliphatic hydroxyl groups is 3. The third-order valence-corrected chi connectivity index (χ3v) is 7.30. The van der Waals surface area contributed by atoms with Crippen molar-refractivity contribution in [2.75, 3.05) is 17.2 Å². The Morgan fingerprint density at radius 3 is 2.54 bits per heavy atom. The minimum atomic E-state index is -1.10. The molecular weight excluding hydrogens is 496 g/mol. The van der Waals surface area contributed by atoms with Gasteiger partial charge in [-0.2, -0.15) is 4.98 Å². The Hall–Kier alpha value is -2.93. The lowest BCUT2D eigenvalue weighted by molar-refractivity contribution is -0.155. The molecule has 11 nitrogen and oxygen atoms in total. The molecule has 5 N–H and O–H groups in total. The number of carbonyl (C=O) groups excluding carboxylic acids is 1. The first kappa shape index (κ1) is 27.1. The van der Waals surface area contributed by atoms with E-state index in [1.54, 1.807) is 33.9 Å². The smallest absolute Gasteiger partial charge is 0.328 e. The summed E-state index contributed by atoms with van der Waals surface area (Å²) in [5.41, 5.74) is 2.20. The Labute approximate surface area is 219 Å². The Bertz CT molecular complexity index is 1290. The van der Waals surface area contributed by atoms with Crippen LogP contribution < -0.4 is 10.6 Å². The summed E-state index contributed by atoms with van der Waals surface area (Å²) < 4.78 is 6.42. The molecule has 0 radical (unpaired) electrons. The summed E-state index contributed by atoms with van der Waals surface area (Å²) in [7, 11) is 0. The van der Waals surface area contributed by atoms with Crippen molar-refractivity contribution in [3.63, 3.8) is 0 Å². The average Bonchev–Trinajstić information content (AvgIpc) is 3.35. The quantitative estimate of drug-likeness (QED) is 0.285. The fourth-order valence-corrected chi connectivity index (χ4v) is 5.46. The average molecular weight is 531 g/mol. The number of ether oxygens (including phenoxy) is 1. The molecule has 4 rings (SSSR count). The molecule has 1 saturated carbocycles. The zero-order valence-electron chi connectivity index (χ0n) is 21.8. The van der Waals surface area contributed by atoms with E-state index in [2.05, 4.69) is 25.6 Å². The first-order valence-corrected chi connectivity index (χ1v) is 13.0. The Kier molecular flexibility index (Phi) is 7.65. The number of anilines is 2. The number of thiazole rings is 1. The SMILES string of the molecule is Cc1nc(N[C@H](C)C(=O)OC(C)(C)C)nc(N[C@@H]2C[C@H](CO)[C@@H](O)[C@H]2O)c1-c1nc2c(C)nccc2s1. The molecule has 0 aliphatic heterocycles. The minimum Gasteiger partial charge on any atom is -0.458 e. The monoisotopic (exact) mass is 530 g/mol. The van der Waals surface area contributed by atoms with Gasteiger partial charge < -0.3 is 30.7 Å². The van der Waals surface area contributed by atoms with Gasteiger partial charge in [-0.1, -0.05) is 0 Å². The van der Waals surface area contributed by atoms with E-state index < -0.39 is 41.8 Å². The van der Waals surface area contributed by atoms with Gasteiger partial charge in [0, 0.05) is 18.7 Å². The third-order valence-electron chi connectivity index (χ3n) is 6.26. The van der Waals surface area contributed by atoms with Crippen molar-refractivity contribution in [1.29, 1.82) is 0 Å². The van der Waals surface area contributed by atoms with Crippen LogP contribution in [-0.2, 0) is 9.53 Å². The Balaban J connectivity index is 1.73. The van der Waals surface area contributed by atoms with Crippen LogP contribution in [0.2, 0.25) is 0 Å². The van der Waals surface area contributed by atoms with E-state index in [-0.39, 0.29) is 12.6 Å². The zero-order valence-corrected chi connectivity index (χ0v) is 22.6. The number of aromatic nitrogens is 4. The number of hydrogen-bond donors (Lipinski definition) is 5. The summed E-state index contributed by atoms with van der Waals surface area (Å²) in [4.78, 5) is 30.9. The molecule has 1 fully saturated rings. The summed E-state index contributed by atoms with van der Waals surface area (Å²) in [5, 5.41) is 37.5. The number of nitrogens with one attached hydrogen (secondary N) is 2. The molecule has 0 bridgehead atoms. The van der Waals surface area contributed by atoms with Gasteiger partial charge in [0.25, 0.3) is 0 Å². The normalized spacial score (nSPS) is 22.7. The number of fused-ring (bicyclic) bond motifs is 1. The lowest BCUT2D eigenvalue weighted by Crippen LogP contribution is -2.36. The number of rotatable bonds is 7. The van der Waals surface area contributed by atoms with Gasteiger partial charge in [-0.25, -0.2) is 14.8 Å². The number of hydrogen-bond acceptors (Lipinski definition) is 12. The molecule has 3 heterocycles. The number of pyridine rings is 1. The van der Waals surface area contributed by atoms with Gasteiger partial charge in [0.05, 0.1) is 33.8 Å². The summed E-state index contributed by atoms with van der Waals surface area (Å²) >= 11 is 1.47. The second-order valence-corrected chi connectivity index (χ2v) is 11.5. The maximum atomic E-state index is 12.5. The highest BCUT2D eigenvalue weighted by molar-refractivity contribution is 7.21. The molecule has 3 aromatic heterocycles. The van der Waals surface area contributed by atoms with Gasteiger partial charge >= 0.3 is 5.97 Å². The van der Waals surface area contributed by atoms with Crippen LogP contribution >= 0.6 is 11.3 Å². The molecule has 1 aliphatic rings. The molecule has 3 aromatic rings. The topological polar surface area (TPSA) is 163 Å². The van der Waals surface area contributed by atoms with Crippen LogP contribution in [0.5, 0.6) is 0 Å². The highest BCUT2D eigenvalue weighted by atomic mass is 32.1. The van der Waals surface area contributed by atoms with Crippen molar-refractivity contribution in [1.82, 2.24) is 19.9 Å². The van der Waals surface area contributed by atoms with Crippen LogP contribution in [0.3, 0.4) is 0 Å². The van der Waals surface area contributed by atoms with E-state index in [4.69, 9.17) is 9.72 Å². The van der Waals surface area contributed by atoms with Crippen molar-refractivity contribution < 1.29 is 24.9 Å².